The molecule has 0 radical (unpaired) electrons. The van der Waals surface area contributed by atoms with E-state index in [0.717, 1.165) is 25.7 Å². The van der Waals surface area contributed by atoms with Crippen LogP contribution in [0.4, 0.5) is 0 Å². The summed E-state index contributed by atoms with van der Waals surface area (Å²) in [5, 5.41) is 10.4. The third-order valence-corrected chi connectivity index (χ3v) is 8.68. The molecular formula is C20H31NO2S. The topological polar surface area (TPSA) is 61.2 Å². The molecule has 0 heterocycles. The lowest BCUT2D eigenvalue weighted by Crippen LogP contribution is -2.41. The molecule has 1 aromatic rings. The highest BCUT2D eigenvalue weighted by Crippen LogP contribution is 2.58. The Hall–Kier alpha value is -0.870. The molecular weight excluding hydrogens is 318 g/mol. The molecule has 3 rings (SSSR count). The van der Waals surface area contributed by atoms with E-state index in [1.807, 2.05) is 30.3 Å². The number of benzene rings is 1. The van der Waals surface area contributed by atoms with Gasteiger partial charge in [0.1, 0.15) is 0 Å². The number of rotatable bonds is 5. The number of aliphatic hydroxyl groups is 1. The molecule has 2 N–H and O–H groups in total. The molecule has 0 aromatic heterocycles. The summed E-state index contributed by atoms with van der Waals surface area (Å²) in [5.74, 6) is 1.93. The van der Waals surface area contributed by atoms with Gasteiger partial charge in [0.15, 0.2) is 0 Å². The fraction of sp³-hybridized carbons (Fsp3) is 0.700. The van der Waals surface area contributed by atoms with Crippen LogP contribution in [0.2, 0.25) is 0 Å². The molecule has 0 spiro atoms. The first-order chi connectivity index (χ1) is 11.3. The maximum Gasteiger partial charge on any atom is 0.0726 e. The third-order valence-electron chi connectivity index (χ3n) is 6.83. The lowest BCUT2D eigenvalue weighted by molar-refractivity contribution is -0.0271. The van der Waals surface area contributed by atoms with Gasteiger partial charge in [-0.25, -0.2) is 8.99 Å². The van der Waals surface area contributed by atoms with E-state index in [2.05, 4.69) is 13.8 Å². The molecule has 0 unspecified atom stereocenters. The van der Waals surface area contributed by atoms with Crippen molar-refractivity contribution in [3.8, 4) is 0 Å². The van der Waals surface area contributed by atoms with Crippen LogP contribution in [0.15, 0.2) is 35.2 Å². The highest BCUT2D eigenvalue weighted by Gasteiger charge is 2.52. The number of aliphatic hydroxyl groups excluding tert-OH is 1. The number of nitrogens with one attached hydrogen (secondary N) is 1. The van der Waals surface area contributed by atoms with Crippen LogP contribution in [-0.2, 0) is 9.73 Å². The van der Waals surface area contributed by atoms with Crippen LogP contribution in [0, 0.1) is 27.9 Å². The Bertz CT molecular complexity index is 657. The Balaban J connectivity index is 1.66. The molecule has 3 nitrogen and oxygen atoms in total. The van der Waals surface area contributed by atoms with E-state index >= 15 is 0 Å². The van der Waals surface area contributed by atoms with Crippen molar-refractivity contribution in [2.45, 2.75) is 63.4 Å². The van der Waals surface area contributed by atoms with Crippen LogP contribution in [0.5, 0.6) is 0 Å². The molecule has 0 amide bonds. The molecule has 134 valence electrons. The van der Waals surface area contributed by atoms with Crippen LogP contribution in [-0.4, -0.2) is 21.2 Å². The largest absolute Gasteiger partial charge is 0.393 e. The molecule has 2 saturated carbocycles. The van der Waals surface area contributed by atoms with Crippen molar-refractivity contribution in [2.75, 3.05) is 5.75 Å². The Morgan fingerprint density at radius 3 is 2.71 bits per heavy atom. The smallest absolute Gasteiger partial charge is 0.0726 e. The van der Waals surface area contributed by atoms with Crippen molar-refractivity contribution in [3.63, 3.8) is 0 Å². The van der Waals surface area contributed by atoms with Crippen molar-refractivity contribution in [2.24, 2.45) is 23.2 Å². The van der Waals surface area contributed by atoms with E-state index in [4.69, 9.17) is 4.78 Å². The van der Waals surface area contributed by atoms with Crippen LogP contribution < -0.4 is 0 Å². The molecule has 0 aliphatic heterocycles. The molecule has 6 atom stereocenters. The molecule has 2 aliphatic rings. The van der Waals surface area contributed by atoms with Crippen molar-refractivity contribution in [1.29, 1.82) is 4.78 Å². The SMILES string of the molecule is C[C@H](CC[S@@](=N)(=O)c1ccccc1)[C@H]1CC[C@H]2[C@@H](O)CCC[C@]12C. The minimum Gasteiger partial charge on any atom is -0.393 e. The Labute approximate surface area is 146 Å². The van der Waals surface area contributed by atoms with Crippen molar-refractivity contribution in [1.82, 2.24) is 0 Å². The molecule has 0 saturated heterocycles. The van der Waals surface area contributed by atoms with Crippen LogP contribution >= 0.6 is 0 Å². The summed E-state index contributed by atoms with van der Waals surface area (Å²) in [5.41, 5.74) is 0.229. The number of hydrogen-bond acceptors (Lipinski definition) is 3. The molecule has 0 bridgehead atoms. The van der Waals surface area contributed by atoms with E-state index < -0.39 is 9.73 Å². The average Bonchev–Trinajstić information content (AvgIpc) is 2.92. The molecule has 2 fully saturated rings. The summed E-state index contributed by atoms with van der Waals surface area (Å²) in [6.07, 6.45) is 6.28. The summed E-state index contributed by atoms with van der Waals surface area (Å²) in [7, 11) is -2.69. The predicted octanol–water partition coefficient (Wildman–Crippen LogP) is 4.70. The highest BCUT2D eigenvalue weighted by molar-refractivity contribution is 7.92. The van der Waals surface area contributed by atoms with Gasteiger partial charge in [-0.3, -0.25) is 0 Å². The summed E-state index contributed by atoms with van der Waals surface area (Å²) in [6.45, 7) is 4.63. The van der Waals surface area contributed by atoms with E-state index in [9.17, 15) is 9.32 Å². The second kappa shape index (κ2) is 6.80. The van der Waals surface area contributed by atoms with Gasteiger partial charge in [0.25, 0.3) is 0 Å². The zero-order valence-electron chi connectivity index (χ0n) is 14.9. The lowest BCUT2D eigenvalue weighted by atomic mass is 9.61. The molecule has 1 aromatic carbocycles. The summed E-state index contributed by atoms with van der Waals surface area (Å²) < 4.78 is 21.0. The quantitative estimate of drug-likeness (QED) is 0.809. The molecule has 4 heteroatoms. The maximum absolute atomic E-state index is 12.7. The van der Waals surface area contributed by atoms with Crippen LogP contribution in [0.25, 0.3) is 0 Å². The first-order valence-corrected chi connectivity index (χ1v) is 11.1. The van der Waals surface area contributed by atoms with Gasteiger partial charge in [0, 0.05) is 10.6 Å². The van der Waals surface area contributed by atoms with Gasteiger partial charge in [0.05, 0.1) is 15.8 Å². The summed E-state index contributed by atoms with van der Waals surface area (Å²) >= 11 is 0. The minimum absolute atomic E-state index is 0.134. The first-order valence-electron chi connectivity index (χ1n) is 9.34. The Morgan fingerprint density at radius 1 is 1.29 bits per heavy atom. The third kappa shape index (κ3) is 3.28. The van der Waals surface area contributed by atoms with E-state index in [1.54, 1.807) is 0 Å². The van der Waals surface area contributed by atoms with Gasteiger partial charge < -0.3 is 5.11 Å². The Morgan fingerprint density at radius 2 is 2.00 bits per heavy atom. The maximum atomic E-state index is 12.7. The minimum atomic E-state index is -2.69. The number of fused-ring (bicyclic) bond motifs is 1. The standard InChI is InChI=1S/C20H31NO2S/c1-15(12-14-24(21,23)16-7-4-3-5-8-16)17-10-11-18-19(22)9-6-13-20(17,18)2/h3-5,7-8,15,17-19,21-22H,6,9-14H2,1-2H3/t15-,17-,18+,19+,20-,24-/m1/s1. The molecule has 2 aliphatic carbocycles. The first kappa shape index (κ1) is 17.9. The number of hydrogen-bond donors (Lipinski definition) is 2. The van der Waals surface area contributed by atoms with Gasteiger partial charge in [-0.15, -0.1) is 0 Å². The van der Waals surface area contributed by atoms with Gasteiger partial charge in [-0.05, 0) is 67.4 Å². The second-order valence-electron chi connectivity index (χ2n) is 8.21. The monoisotopic (exact) mass is 349 g/mol. The lowest BCUT2D eigenvalue weighted by Gasteiger charge is -2.45. The fourth-order valence-corrected chi connectivity index (χ4v) is 6.97. The fourth-order valence-electron chi connectivity index (χ4n) is 5.44. The second-order valence-corrected chi connectivity index (χ2v) is 10.4. The molecule has 24 heavy (non-hydrogen) atoms. The average molecular weight is 350 g/mol. The highest BCUT2D eigenvalue weighted by atomic mass is 32.2. The van der Waals surface area contributed by atoms with Crippen LogP contribution in [0.1, 0.15) is 52.4 Å². The van der Waals surface area contributed by atoms with Crippen molar-refractivity contribution in [3.05, 3.63) is 30.3 Å². The van der Waals surface area contributed by atoms with E-state index in [0.29, 0.717) is 28.4 Å². The van der Waals surface area contributed by atoms with Crippen molar-refractivity contribution < 1.29 is 9.32 Å². The predicted molar refractivity (Wildman–Crippen MR) is 98.4 cm³/mol. The van der Waals surface area contributed by atoms with E-state index in [-0.39, 0.29) is 11.5 Å². The summed E-state index contributed by atoms with van der Waals surface area (Å²) in [4.78, 5) is 0.654. The van der Waals surface area contributed by atoms with Gasteiger partial charge in [-0.2, -0.15) is 0 Å². The van der Waals surface area contributed by atoms with Gasteiger partial charge in [-0.1, -0.05) is 38.5 Å². The van der Waals surface area contributed by atoms with E-state index in [1.165, 1.54) is 12.8 Å². The Kier molecular flexibility index (Phi) is 5.08. The van der Waals surface area contributed by atoms with Crippen LogP contribution in [0.3, 0.4) is 0 Å². The zero-order chi connectivity index (χ0) is 17.4. The normalized spacial score (nSPS) is 36.7. The van der Waals surface area contributed by atoms with Crippen molar-refractivity contribution >= 4 is 9.73 Å². The van der Waals surface area contributed by atoms with Gasteiger partial charge >= 0.3 is 0 Å². The zero-order valence-corrected chi connectivity index (χ0v) is 15.7. The van der Waals surface area contributed by atoms with Gasteiger partial charge in [0.2, 0.25) is 0 Å². The summed E-state index contributed by atoms with van der Waals surface area (Å²) in [6, 6.07) is 9.24.